The van der Waals surface area contributed by atoms with Crippen LogP contribution in [0.25, 0.3) is 5.69 Å². The molecule has 0 spiro atoms. The Morgan fingerprint density at radius 1 is 1.33 bits per heavy atom. The highest BCUT2D eigenvalue weighted by Gasteiger charge is 2.22. The minimum Gasteiger partial charge on any atom is -0.379 e. The molecule has 1 saturated heterocycles. The topological polar surface area (TPSA) is 81.5 Å². The van der Waals surface area contributed by atoms with E-state index in [1.165, 1.54) is 23.9 Å². The number of halogens is 1. The largest absolute Gasteiger partial charge is 0.379 e. The predicted molar refractivity (Wildman–Crippen MR) is 114 cm³/mol. The van der Waals surface area contributed by atoms with Crippen LogP contribution in [0.5, 0.6) is 0 Å². The standard InChI is InChI=1S/C20H28FN5O3S/c1-15(2)29-10-4-7-22-18(27)14-30-20-24-23-19(25-8-11-28-12-9-25)26(20)17-6-3-5-16(21)13-17/h3,5-6,13,15H,4,7-12,14H2,1-2H3,(H,22,27). The molecule has 0 bridgehead atoms. The Morgan fingerprint density at radius 2 is 2.13 bits per heavy atom. The Hall–Kier alpha value is -2.17. The summed E-state index contributed by atoms with van der Waals surface area (Å²) < 4.78 is 26.5. The number of benzene rings is 1. The van der Waals surface area contributed by atoms with Gasteiger partial charge in [-0.05, 0) is 38.5 Å². The average molecular weight is 438 g/mol. The fraction of sp³-hybridized carbons (Fsp3) is 0.550. The molecule has 3 rings (SSSR count). The lowest BCUT2D eigenvalue weighted by molar-refractivity contribution is -0.118. The van der Waals surface area contributed by atoms with Gasteiger partial charge in [-0.25, -0.2) is 4.39 Å². The molecule has 1 fully saturated rings. The number of nitrogens with one attached hydrogen (secondary N) is 1. The van der Waals surface area contributed by atoms with Crippen LogP contribution in [0.1, 0.15) is 20.3 Å². The molecule has 0 unspecified atom stereocenters. The van der Waals surface area contributed by atoms with E-state index in [0.717, 1.165) is 6.42 Å². The van der Waals surface area contributed by atoms with Crippen molar-refractivity contribution in [3.63, 3.8) is 0 Å². The molecule has 0 saturated carbocycles. The molecular weight excluding hydrogens is 409 g/mol. The second-order valence-corrected chi connectivity index (χ2v) is 8.05. The SMILES string of the molecule is CC(C)OCCCNC(=O)CSc1nnc(N2CCOCC2)n1-c1cccc(F)c1. The van der Waals surface area contributed by atoms with E-state index >= 15 is 0 Å². The van der Waals surface area contributed by atoms with Gasteiger partial charge in [-0.1, -0.05) is 17.8 Å². The van der Waals surface area contributed by atoms with Crippen molar-refractivity contribution in [2.45, 2.75) is 31.5 Å². The van der Waals surface area contributed by atoms with Gasteiger partial charge in [0.15, 0.2) is 5.16 Å². The molecule has 0 atom stereocenters. The lowest BCUT2D eigenvalue weighted by Crippen LogP contribution is -2.37. The van der Waals surface area contributed by atoms with Crippen LogP contribution < -0.4 is 10.2 Å². The van der Waals surface area contributed by atoms with Crippen molar-refractivity contribution in [2.24, 2.45) is 0 Å². The molecule has 1 amide bonds. The molecule has 1 aromatic carbocycles. The number of ether oxygens (including phenoxy) is 2. The maximum absolute atomic E-state index is 13.9. The van der Waals surface area contributed by atoms with Crippen molar-refractivity contribution in [3.05, 3.63) is 30.1 Å². The summed E-state index contributed by atoms with van der Waals surface area (Å²) in [5, 5.41) is 12.0. The number of rotatable bonds is 10. The maximum Gasteiger partial charge on any atom is 0.232 e. The van der Waals surface area contributed by atoms with Gasteiger partial charge in [-0.3, -0.25) is 9.36 Å². The second kappa shape index (κ2) is 11.3. The number of thioether (sulfide) groups is 1. The number of hydrogen-bond donors (Lipinski definition) is 1. The van der Waals surface area contributed by atoms with Crippen LogP contribution in [0.2, 0.25) is 0 Å². The molecule has 164 valence electrons. The summed E-state index contributed by atoms with van der Waals surface area (Å²) in [5.74, 6) is 0.386. The van der Waals surface area contributed by atoms with Gasteiger partial charge in [0.25, 0.3) is 0 Å². The average Bonchev–Trinajstić information content (AvgIpc) is 3.16. The summed E-state index contributed by atoms with van der Waals surface area (Å²) in [7, 11) is 0. The van der Waals surface area contributed by atoms with Crippen molar-refractivity contribution in [2.75, 3.05) is 50.1 Å². The van der Waals surface area contributed by atoms with E-state index in [9.17, 15) is 9.18 Å². The van der Waals surface area contributed by atoms with Crippen LogP contribution in [-0.4, -0.2) is 72.0 Å². The third-order valence-electron chi connectivity index (χ3n) is 4.40. The van der Waals surface area contributed by atoms with E-state index in [1.807, 2.05) is 13.8 Å². The molecule has 1 aliphatic rings. The van der Waals surface area contributed by atoms with Crippen LogP contribution in [0.15, 0.2) is 29.4 Å². The smallest absolute Gasteiger partial charge is 0.232 e. The highest BCUT2D eigenvalue weighted by atomic mass is 32.2. The Kier molecular flexibility index (Phi) is 8.47. The molecule has 1 N–H and O–H groups in total. The van der Waals surface area contributed by atoms with Gasteiger partial charge in [-0.2, -0.15) is 0 Å². The molecule has 1 aromatic heterocycles. The van der Waals surface area contributed by atoms with Gasteiger partial charge in [0, 0.05) is 26.2 Å². The zero-order valence-corrected chi connectivity index (χ0v) is 18.2. The van der Waals surface area contributed by atoms with Crippen LogP contribution in [0.3, 0.4) is 0 Å². The summed E-state index contributed by atoms with van der Waals surface area (Å²) in [6.45, 7) is 7.69. The molecule has 10 heteroatoms. The number of carbonyl (C=O) groups is 1. The van der Waals surface area contributed by atoms with E-state index in [4.69, 9.17) is 9.47 Å². The summed E-state index contributed by atoms with van der Waals surface area (Å²) >= 11 is 1.28. The van der Waals surface area contributed by atoms with Crippen molar-refractivity contribution >= 4 is 23.6 Å². The monoisotopic (exact) mass is 437 g/mol. The fourth-order valence-electron chi connectivity index (χ4n) is 2.97. The van der Waals surface area contributed by atoms with Crippen LogP contribution in [0.4, 0.5) is 10.3 Å². The van der Waals surface area contributed by atoms with Crippen molar-refractivity contribution in [1.82, 2.24) is 20.1 Å². The summed E-state index contributed by atoms with van der Waals surface area (Å²) in [4.78, 5) is 14.3. The molecular formula is C20H28FN5O3S. The van der Waals surface area contributed by atoms with E-state index in [1.54, 1.807) is 16.7 Å². The molecule has 0 aliphatic carbocycles. The molecule has 2 aromatic rings. The minimum absolute atomic E-state index is 0.0914. The van der Waals surface area contributed by atoms with Crippen molar-refractivity contribution in [1.29, 1.82) is 0 Å². The first kappa shape index (κ1) is 22.5. The summed E-state index contributed by atoms with van der Waals surface area (Å²) in [5.41, 5.74) is 0.621. The van der Waals surface area contributed by atoms with E-state index in [-0.39, 0.29) is 23.6 Å². The molecule has 2 heterocycles. The molecule has 30 heavy (non-hydrogen) atoms. The Labute approximate surface area is 180 Å². The summed E-state index contributed by atoms with van der Waals surface area (Å²) in [6, 6.07) is 6.28. The normalized spacial score (nSPS) is 14.3. The predicted octanol–water partition coefficient (Wildman–Crippen LogP) is 2.27. The lowest BCUT2D eigenvalue weighted by Gasteiger charge is -2.27. The Bertz CT molecular complexity index is 827. The third kappa shape index (κ3) is 6.41. The number of carbonyl (C=O) groups excluding carboxylic acids is 1. The second-order valence-electron chi connectivity index (χ2n) is 7.11. The first-order valence-electron chi connectivity index (χ1n) is 10.1. The number of morpholine rings is 1. The van der Waals surface area contributed by atoms with Crippen LogP contribution in [-0.2, 0) is 14.3 Å². The van der Waals surface area contributed by atoms with E-state index in [2.05, 4.69) is 20.4 Å². The molecule has 8 nitrogen and oxygen atoms in total. The van der Waals surface area contributed by atoms with Gasteiger partial charge < -0.3 is 19.7 Å². The minimum atomic E-state index is -0.341. The quantitative estimate of drug-likeness (QED) is 0.451. The first-order chi connectivity index (χ1) is 14.5. The van der Waals surface area contributed by atoms with E-state index < -0.39 is 0 Å². The number of amides is 1. The van der Waals surface area contributed by atoms with Gasteiger partial charge in [0.1, 0.15) is 5.82 Å². The highest BCUT2D eigenvalue weighted by molar-refractivity contribution is 7.99. The zero-order valence-electron chi connectivity index (χ0n) is 17.3. The highest BCUT2D eigenvalue weighted by Crippen LogP contribution is 2.27. The number of anilines is 1. The number of nitrogens with zero attached hydrogens (tertiary/aromatic N) is 4. The van der Waals surface area contributed by atoms with Crippen molar-refractivity contribution in [3.8, 4) is 5.69 Å². The third-order valence-corrected chi connectivity index (χ3v) is 5.33. The number of aromatic nitrogens is 3. The van der Waals surface area contributed by atoms with Crippen LogP contribution >= 0.6 is 11.8 Å². The maximum atomic E-state index is 13.9. The van der Waals surface area contributed by atoms with Gasteiger partial charge >= 0.3 is 0 Å². The fourth-order valence-corrected chi connectivity index (χ4v) is 3.74. The van der Waals surface area contributed by atoms with Crippen LogP contribution in [0, 0.1) is 5.82 Å². The van der Waals surface area contributed by atoms with Crippen molar-refractivity contribution < 1.29 is 18.7 Å². The summed E-state index contributed by atoms with van der Waals surface area (Å²) in [6.07, 6.45) is 0.945. The Morgan fingerprint density at radius 3 is 2.87 bits per heavy atom. The number of hydrogen-bond acceptors (Lipinski definition) is 7. The van der Waals surface area contributed by atoms with Gasteiger partial charge in [0.2, 0.25) is 11.9 Å². The lowest BCUT2D eigenvalue weighted by atomic mass is 10.3. The Balaban J connectivity index is 1.65. The van der Waals surface area contributed by atoms with Gasteiger partial charge in [-0.15, -0.1) is 10.2 Å². The zero-order chi connectivity index (χ0) is 21.3. The van der Waals surface area contributed by atoms with Gasteiger partial charge in [0.05, 0.1) is 30.8 Å². The first-order valence-corrected chi connectivity index (χ1v) is 11.1. The molecule has 1 aliphatic heterocycles. The molecule has 0 radical (unpaired) electrons. The van der Waals surface area contributed by atoms with E-state index in [0.29, 0.717) is 56.2 Å².